The van der Waals surface area contributed by atoms with E-state index in [4.69, 9.17) is 0 Å². The highest BCUT2D eigenvalue weighted by Gasteiger charge is 2.33. The number of carbonyl (C=O) groups is 2. The van der Waals surface area contributed by atoms with Crippen molar-refractivity contribution in [2.75, 3.05) is 13.1 Å². The molecule has 1 fully saturated rings. The Labute approximate surface area is 232 Å². The summed E-state index contributed by atoms with van der Waals surface area (Å²) in [4.78, 5) is 48.9. The molecule has 8 nitrogen and oxygen atoms in total. The average molecular weight is 578 g/mol. The zero-order valence-electron chi connectivity index (χ0n) is 22.4. The monoisotopic (exact) mass is 577 g/mol. The lowest BCUT2D eigenvalue weighted by Crippen LogP contribution is -2.41. The standard InChI is InChI=1S/C28H28F5N5O3/c1-3-38-16(2)35-25(17-10-12-37(13-11-17)23(39)14-19-20(29)7-5-8-21(19)30)24(27(38)41)26(40)34-15-18-6-4-9-22(36-18)28(31,32)33/h4-9,17H,3,10-15H2,1-2H3,(H,34,40). The molecule has 3 heterocycles. The normalized spacial score (nSPS) is 14.3. The van der Waals surface area contributed by atoms with Crippen LogP contribution in [0.3, 0.4) is 0 Å². The molecular weight excluding hydrogens is 549 g/mol. The van der Waals surface area contributed by atoms with Crippen molar-refractivity contribution >= 4 is 11.8 Å². The second-order valence-electron chi connectivity index (χ2n) is 9.70. The van der Waals surface area contributed by atoms with E-state index in [-0.39, 0.29) is 54.6 Å². The van der Waals surface area contributed by atoms with Crippen LogP contribution >= 0.6 is 0 Å². The number of nitrogens with zero attached hydrogens (tertiary/aromatic N) is 4. The Balaban J connectivity index is 1.52. The molecule has 1 aliphatic heterocycles. The molecule has 13 heteroatoms. The van der Waals surface area contributed by atoms with Crippen molar-refractivity contribution in [3.63, 3.8) is 0 Å². The Morgan fingerprint density at radius 1 is 1.02 bits per heavy atom. The van der Waals surface area contributed by atoms with Gasteiger partial charge in [0.1, 0.15) is 28.7 Å². The number of alkyl halides is 3. The van der Waals surface area contributed by atoms with Crippen LogP contribution in [0.25, 0.3) is 0 Å². The molecule has 1 aliphatic rings. The summed E-state index contributed by atoms with van der Waals surface area (Å²) in [5.74, 6) is -2.86. The third-order valence-electron chi connectivity index (χ3n) is 7.08. The van der Waals surface area contributed by atoms with Crippen molar-refractivity contribution in [1.29, 1.82) is 0 Å². The summed E-state index contributed by atoms with van der Waals surface area (Å²) in [5.41, 5.74) is -2.02. The third kappa shape index (κ3) is 6.60. The SMILES string of the molecule is CCn1c(C)nc(C2CCN(C(=O)Cc3c(F)cccc3F)CC2)c(C(=O)NCc2cccc(C(F)(F)F)n2)c1=O. The Morgan fingerprint density at radius 3 is 2.27 bits per heavy atom. The number of aromatic nitrogens is 3. The number of nitrogens with one attached hydrogen (secondary N) is 1. The molecule has 218 valence electrons. The summed E-state index contributed by atoms with van der Waals surface area (Å²) < 4.78 is 68.4. The van der Waals surface area contributed by atoms with Gasteiger partial charge in [0.2, 0.25) is 5.91 Å². The summed E-state index contributed by atoms with van der Waals surface area (Å²) in [6.45, 7) is 3.67. The Hall–Kier alpha value is -4.16. The second-order valence-corrected chi connectivity index (χ2v) is 9.70. The number of likely N-dealkylation sites (tertiary alicyclic amines) is 1. The molecule has 2 amide bonds. The quantitative estimate of drug-likeness (QED) is 0.426. The molecule has 2 aromatic heterocycles. The number of rotatable bonds is 7. The molecule has 1 saturated heterocycles. The molecule has 0 spiro atoms. The van der Waals surface area contributed by atoms with Crippen LogP contribution in [0.1, 0.15) is 64.5 Å². The summed E-state index contributed by atoms with van der Waals surface area (Å²) in [7, 11) is 0. The fraction of sp³-hybridized carbons (Fsp3) is 0.393. The number of halogens is 5. The number of hydrogen-bond acceptors (Lipinski definition) is 5. The van der Waals surface area contributed by atoms with Crippen LogP contribution in [-0.4, -0.2) is 44.3 Å². The first-order valence-electron chi connectivity index (χ1n) is 13.0. The first kappa shape index (κ1) is 29.8. The fourth-order valence-electron chi connectivity index (χ4n) is 4.93. The highest BCUT2D eigenvalue weighted by Crippen LogP contribution is 2.30. The molecular formula is C28H28F5N5O3. The number of pyridine rings is 1. The maximum atomic E-state index is 14.0. The number of hydrogen-bond donors (Lipinski definition) is 1. The van der Waals surface area contributed by atoms with Crippen LogP contribution in [-0.2, 0) is 30.5 Å². The van der Waals surface area contributed by atoms with Gasteiger partial charge in [-0.1, -0.05) is 12.1 Å². The van der Waals surface area contributed by atoms with Crippen molar-refractivity contribution in [3.8, 4) is 0 Å². The van der Waals surface area contributed by atoms with Gasteiger partial charge < -0.3 is 10.2 Å². The van der Waals surface area contributed by atoms with Crippen molar-refractivity contribution < 1.29 is 31.5 Å². The summed E-state index contributed by atoms with van der Waals surface area (Å²) in [5, 5.41) is 2.49. The molecule has 0 unspecified atom stereocenters. The van der Waals surface area contributed by atoms with Gasteiger partial charge in [0.05, 0.1) is 24.4 Å². The molecule has 1 aromatic carbocycles. The lowest BCUT2D eigenvalue weighted by molar-refractivity contribution is -0.141. The van der Waals surface area contributed by atoms with E-state index in [2.05, 4.69) is 15.3 Å². The van der Waals surface area contributed by atoms with E-state index in [0.29, 0.717) is 18.7 Å². The van der Waals surface area contributed by atoms with Gasteiger partial charge in [0.25, 0.3) is 11.5 Å². The highest BCUT2D eigenvalue weighted by molar-refractivity contribution is 5.95. The van der Waals surface area contributed by atoms with E-state index in [1.165, 1.54) is 27.7 Å². The first-order chi connectivity index (χ1) is 19.4. The molecule has 0 saturated carbocycles. The molecule has 41 heavy (non-hydrogen) atoms. The van der Waals surface area contributed by atoms with Gasteiger partial charge in [-0.25, -0.2) is 18.7 Å². The van der Waals surface area contributed by atoms with Gasteiger partial charge in [0.15, 0.2) is 0 Å². The molecule has 0 aliphatic carbocycles. The zero-order valence-corrected chi connectivity index (χ0v) is 22.4. The van der Waals surface area contributed by atoms with Crippen molar-refractivity contribution in [2.24, 2.45) is 0 Å². The van der Waals surface area contributed by atoms with Crippen LogP contribution in [0.4, 0.5) is 22.0 Å². The number of piperidine rings is 1. The van der Waals surface area contributed by atoms with Gasteiger partial charge >= 0.3 is 6.18 Å². The van der Waals surface area contributed by atoms with E-state index >= 15 is 0 Å². The van der Waals surface area contributed by atoms with Crippen LogP contribution < -0.4 is 10.9 Å². The van der Waals surface area contributed by atoms with Crippen LogP contribution in [0.15, 0.2) is 41.2 Å². The largest absolute Gasteiger partial charge is 0.433 e. The van der Waals surface area contributed by atoms with E-state index in [9.17, 15) is 36.3 Å². The minimum absolute atomic E-state index is 0.0382. The van der Waals surface area contributed by atoms with E-state index in [1.807, 2.05) is 0 Å². The van der Waals surface area contributed by atoms with Crippen molar-refractivity contribution in [2.45, 2.75) is 58.3 Å². The second kappa shape index (κ2) is 12.1. The van der Waals surface area contributed by atoms with Crippen LogP contribution in [0, 0.1) is 18.6 Å². The van der Waals surface area contributed by atoms with Crippen LogP contribution in [0.2, 0.25) is 0 Å². The topological polar surface area (TPSA) is 97.2 Å². The number of amides is 2. The smallest absolute Gasteiger partial charge is 0.346 e. The number of carbonyl (C=O) groups excluding carboxylic acids is 2. The summed E-state index contributed by atoms with van der Waals surface area (Å²) in [6.07, 6.45) is -4.42. The molecule has 4 rings (SSSR count). The first-order valence-corrected chi connectivity index (χ1v) is 13.0. The predicted molar refractivity (Wildman–Crippen MR) is 138 cm³/mol. The minimum atomic E-state index is -4.65. The third-order valence-corrected chi connectivity index (χ3v) is 7.08. The predicted octanol–water partition coefficient (Wildman–Crippen LogP) is 4.14. The molecule has 3 aromatic rings. The van der Waals surface area contributed by atoms with Gasteiger partial charge in [-0.2, -0.15) is 13.2 Å². The van der Waals surface area contributed by atoms with Crippen molar-refractivity contribution in [1.82, 2.24) is 24.8 Å². The highest BCUT2D eigenvalue weighted by atomic mass is 19.4. The van der Waals surface area contributed by atoms with Gasteiger partial charge in [-0.15, -0.1) is 0 Å². The van der Waals surface area contributed by atoms with Crippen LogP contribution in [0.5, 0.6) is 0 Å². The average Bonchev–Trinajstić information content (AvgIpc) is 2.93. The minimum Gasteiger partial charge on any atom is -0.346 e. The number of benzene rings is 1. The Kier molecular flexibility index (Phi) is 8.83. The lowest BCUT2D eigenvalue weighted by Gasteiger charge is -2.32. The van der Waals surface area contributed by atoms with E-state index in [1.54, 1.807) is 13.8 Å². The van der Waals surface area contributed by atoms with Gasteiger partial charge in [-0.05, 0) is 51.0 Å². The zero-order chi connectivity index (χ0) is 29.9. The summed E-state index contributed by atoms with van der Waals surface area (Å²) >= 11 is 0. The van der Waals surface area contributed by atoms with Crippen molar-refractivity contribution in [3.05, 3.63) is 92.4 Å². The summed E-state index contributed by atoms with van der Waals surface area (Å²) in [6, 6.07) is 6.71. The molecule has 1 N–H and O–H groups in total. The fourth-order valence-corrected chi connectivity index (χ4v) is 4.93. The molecule has 0 bridgehead atoms. The molecule has 0 radical (unpaired) electrons. The maximum Gasteiger partial charge on any atom is 0.433 e. The number of aryl methyl sites for hydroxylation is 1. The lowest BCUT2D eigenvalue weighted by atomic mass is 9.90. The van der Waals surface area contributed by atoms with Gasteiger partial charge in [-0.3, -0.25) is 19.0 Å². The Bertz CT molecular complexity index is 1490. The Morgan fingerprint density at radius 2 is 1.66 bits per heavy atom. The van der Waals surface area contributed by atoms with E-state index in [0.717, 1.165) is 18.2 Å². The van der Waals surface area contributed by atoms with E-state index < -0.39 is 47.3 Å². The van der Waals surface area contributed by atoms with Gasteiger partial charge in [0, 0.05) is 31.1 Å². The molecule has 0 atom stereocenters. The maximum absolute atomic E-state index is 14.0.